The average Bonchev–Trinajstić information content (AvgIpc) is 2.66. The zero-order valence-electron chi connectivity index (χ0n) is 13.6. The van der Waals surface area contributed by atoms with Crippen molar-refractivity contribution >= 4 is 24.0 Å². The molecule has 0 unspecified atom stereocenters. The van der Waals surface area contributed by atoms with Crippen LogP contribution in [0.5, 0.6) is 5.75 Å². The van der Waals surface area contributed by atoms with Gasteiger partial charge in [0.05, 0.1) is 12.8 Å². The monoisotopic (exact) mass is 356 g/mol. The predicted molar refractivity (Wildman–Crippen MR) is 91.9 cm³/mol. The number of rotatable bonds is 8. The number of carbonyl (C=O) groups is 3. The number of ether oxygens (including phenoxy) is 1. The van der Waals surface area contributed by atoms with Gasteiger partial charge in [-0.2, -0.15) is 5.10 Å². The minimum absolute atomic E-state index is 0.202. The first kappa shape index (κ1) is 18.6. The summed E-state index contributed by atoms with van der Waals surface area (Å²) in [6, 6.07) is 11.5. The Hall–Kier alpha value is -3.75. The van der Waals surface area contributed by atoms with Crippen LogP contribution in [0.2, 0.25) is 0 Å². The lowest BCUT2D eigenvalue weighted by molar-refractivity contribution is -0.139. The van der Waals surface area contributed by atoms with Crippen LogP contribution in [0.25, 0.3) is 0 Å². The molecule has 26 heavy (non-hydrogen) atoms. The quantitative estimate of drug-likeness (QED) is 0.464. The largest absolute Gasteiger partial charge is 0.481 e. The minimum Gasteiger partial charge on any atom is -0.481 e. The van der Waals surface area contributed by atoms with Gasteiger partial charge in [0, 0.05) is 11.8 Å². The molecule has 134 valence electrons. The number of carboxylic acids is 1. The summed E-state index contributed by atoms with van der Waals surface area (Å²) < 4.78 is 5.12. The summed E-state index contributed by atoms with van der Waals surface area (Å²) in [6.45, 7) is -0.763. The highest BCUT2D eigenvalue weighted by Crippen LogP contribution is 2.15. The molecule has 0 aliphatic carbocycles. The summed E-state index contributed by atoms with van der Waals surface area (Å²) in [5.41, 5.74) is 2.95. The van der Waals surface area contributed by atoms with Crippen LogP contribution in [0.1, 0.15) is 16.1 Å². The number of carbonyl (C=O) groups excluding carboxylic acids is 2. The number of aromatic nitrogens is 1. The van der Waals surface area contributed by atoms with E-state index >= 15 is 0 Å². The van der Waals surface area contributed by atoms with Crippen LogP contribution in [-0.2, 0) is 9.59 Å². The SMILES string of the molecule is O=C(O)COc1ccccc1C=NNC(=O)CNC(=O)c1ccccn1. The van der Waals surface area contributed by atoms with E-state index in [-0.39, 0.29) is 12.2 Å². The standard InChI is InChI=1S/C17H16N4O5/c22-15(10-19-17(25)13-6-3-4-8-18-13)21-20-9-12-5-1-2-7-14(12)26-11-16(23)24/h1-9H,10-11H2,(H,19,25)(H,21,22)(H,23,24). The van der Waals surface area contributed by atoms with Gasteiger partial charge in [-0.1, -0.05) is 18.2 Å². The summed E-state index contributed by atoms with van der Waals surface area (Å²) in [5.74, 6) is -1.79. The van der Waals surface area contributed by atoms with Gasteiger partial charge >= 0.3 is 5.97 Å². The molecule has 2 aromatic rings. The van der Waals surface area contributed by atoms with E-state index < -0.39 is 24.4 Å². The molecule has 9 nitrogen and oxygen atoms in total. The van der Waals surface area contributed by atoms with Crippen LogP contribution in [0, 0.1) is 0 Å². The van der Waals surface area contributed by atoms with E-state index in [4.69, 9.17) is 9.84 Å². The Morgan fingerprint density at radius 2 is 1.92 bits per heavy atom. The van der Waals surface area contributed by atoms with Gasteiger partial charge in [-0.3, -0.25) is 14.6 Å². The van der Waals surface area contributed by atoms with Gasteiger partial charge in [0.2, 0.25) is 0 Å². The molecule has 2 amide bonds. The highest BCUT2D eigenvalue weighted by Gasteiger charge is 2.08. The van der Waals surface area contributed by atoms with Crippen LogP contribution in [0.15, 0.2) is 53.8 Å². The summed E-state index contributed by atoms with van der Waals surface area (Å²) >= 11 is 0. The van der Waals surface area contributed by atoms with E-state index in [9.17, 15) is 14.4 Å². The van der Waals surface area contributed by atoms with Crippen molar-refractivity contribution in [1.29, 1.82) is 0 Å². The maximum absolute atomic E-state index is 11.8. The Labute approximate surface area is 148 Å². The number of hydrogen-bond donors (Lipinski definition) is 3. The van der Waals surface area contributed by atoms with E-state index in [1.165, 1.54) is 18.5 Å². The number of aliphatic carboxylic acids is 1. The molecule has 3 N–H and O–H groups in total. The molecule has 0 radical (unpaired) electrons. The number of amides is 2. The van der Waals surface area contributed by atoms with E-state index in [1.54, 1.807) is 36.4 Å². The molecule has 0 aliphatic heterocycles. The Bertz CT molecular complexity index is 808. The van der Waals surface area contributed by atoms with Crippen LogP contribution in [-0.4, -0.2) is 47.2 Å². The second-order valence-corrected chi connectivity index (χ2v) is 4.91. The van der Waals surface area contributed by atoms with E-state index in [2.05, 4.69) is 20.8 Å². The zero-order valence-corrected chi connectivity index (χ0v) is 13.6. The van der Waals surface area contributed by atoms with Gasteiger partial charge in [0.15, 0.2) is 6.61 Å². The van der Waals surface area contributed by atoms with Crippen molar-refractivity contribution in [2.75, 3.05) is 13.2 Å². The highest BCUT2D eigenvalue weighted by molar-refractivity contribution is 5.95. The first-order valence-corrected chi connectivity index (χ1v) is 7.51. The Morgan fingerprint density at radius 1 is 1.15 bits per heavy atom. The van der Waals surface area contributed by atoms with Gasteiger partial charge in [0.1, 0.15) is 11.4 Å². The summed E-state index contributed by atoms with van der Waals surface area (Å²) in [5, 5.41) is 14.8. The molecule has 0 atom stereocenters. The number of carboxylic acid groups (broad SMARTS) is 1. The third-order valence-corrected chi connectivity index (χ3v) is 2.97. The van der Waals surface area contributed by atoms with Crippen molar-refractivity contribution in [3.05, 3.63) is 59.9 Å². The number of hydrazone groups is 1. The van der Waals surface area contributed by atoms with Crippen LogP contribution < -0.4 is 15.5 Å². The number of para-hydroxylation sites is 1. The Kier molecular flexibility index (Phi) is 6.81. The molecular weight excluding hydrogens is 340 g/mol. The molecule has 9 heteroatoms. The third kappa shape index (κ3) is 6.04. The number of nitrogens with zero attached hydrogens (tertiary/aromatic N) is 2. The molecule has 1 aromatic heterocycles. The van der Waals surface area contributed by atoms with Gasteiger partial charge in [-0.25, -0.2) is 10.2 Å². The van der Waals surface area contributed by atoms with E-state index in [0.29, 0.717) is 11.3 Å². The summed E-state index contributed by atoms with van der Waals surface area (Å²) in [4.78, 5) is 37.9. The third-order valence-electron chi connectivity index (χ3n) is 2.97. The fourth-order valence-corrected chi connectivity index (χ4v) is 1.82. The second-order valence-electron chi connectivity index (χ2n) is 4.91. The number of hydrogen-bond acceptors (Lipinski definition) is 6. The normalized spacial score (nSPS) is 10.3. The molecule has 2 rings (SSSR count). The topological polar surface area (TPSA) is 130 Å². The van der Waals surface area contributed by atoms with Crippen molar-refractivity contribution in [2.45, 2.75) is 0 Å². The van der Waals surface area contributed by atoms with Crippen molar-refractivity contribution in [2.24, 2.45) is 5.10 Å². The zero-order chi connectivity index (χ0) is 18.8. The van der Waals surface area contributed by atoms with Crippen LogP contribution in [0.3, 0.4) is 0 Å². The summed E-state index contributed by atoms with van der Waals surface area (Å²) in [7, 11) is 0. The summed E-state index contributed by atoms with van der Waals surface area (Å²) in [6.07, 6.45) is 2.79. The fraction of sp³-hybridized carbons (Fsp3) is 0.118. The molecular formula is C17H16N4O5. The number of benzene rings is 1. The molecule has 1 heterocycles. The lowest BCUT2D eigenvalue weighted by atomic mass is 10.2. The average molecular weight is 356 g/mol. The maximum Gasteiger partial charge on any atom is 0.341 e. The van der Waals surface area contributed by atoms with Gasteiger partial charge < -0.3 is 15.2 Å². The first-order chi connectivity index (χ1) is 12.6. The molecule has 0 saturated carbocycles. The molecule has 0 saturated heterocycles. The second kappa shape index (κ2) is 9.52. The lowest BCUT2D eigenvalue weighted by Crippen LogP contribution is -2.35. The van der Waals surface area contributed by atoms with Crippen molar-refractivity contribution in [3.8, 4) is 5.75 Å². The minimum atomic E-state index is -1.10. The molecule has 1 aromatic carbocycles. The molecule has 0 bridgehead atoms. The maximum atomic E-state index is 11.8. The number of nitrogens with one attached hydrogen (secondary N) is 2. The number of pyridine rings is 1. The van der Waals surface area contributed by atoms with Gasteiger partial charge in [0.25, 0.3) is 11.8 Å². The van der Waals surface area contributed by atoms with Crippen LogP contribution >= 0.6 is 0 Å². The predicted octanol–water partition coefficient (Wildman–Crippen LogP) is 0.425. The smallest absolute Gasteiger partial charge is 0.341 e. The molecule has 0 aliphatic rings. The van der Waals surface area contributed by atoms with Crippen molar-refractivity contribution in [1.82, 2.24) is 15.7 Å². The van der Waals surface area contributed by atoms with Gasteiger partial charge in [-0.05, 0) is 24.3 Å². The fourth-order valence-electron chi connectivity index (χ4n) is 1.82. The highest BCUT2D eigenvalue weighted by atomic mass is 16.5. The van der Waals surface area contributed by atoms with E-state index in [0.717, 1.165) is 0 Å². The Balaban J connectivity index is 1.83. The van der Waals surface area contributed by atoms with Gasteiger partial charge in [-0.15, -0.1) is 0 Å². The Morgan fingerprint density at radius 3 is 2.65 bits per heavy atom. The van der Waals surface area contributed by atoms with Crippen molar-refractivity contribution < 1.29 is 24.2 Å². The van der Waals surface area contributed by atoms with E-state index in [1.807, 2.05) is 0 Å². The molecule has 0 fully saturated rings. The van der Waals surface area contributed by atoms with Crippen molar-refractivity contribution in [3.63, 3.8) is 0 Å². The first-order valence-electron chi connectivity index (χ1n) is 7.51. The lowest BCUT2D eigenvalue weighted by Gasteiger charge is -2.06. The van der Waals surface area contributed by atoms with Crippen LogP contribution in [0.4, 0.5) is 0 Å². The molecule has 0 spiro atoms.